The third-order valence-electron chi connectivity index (χ3n) is 5.04. The minimum atomic E-state index is -8.43. The number of carbonyl (C=O) groups excluding carboxylic acids is 1. The molecule has 1 saturated heterocycles. The van der Waals surface area contributed by atoms with Crippen LogP contribution in [0.3, 0.4) is 0 Å². The molecule has 0 atom stereocenters. The highest BCUT2D eigenvalue weighted by Crippen LogP contribution is 2.62. The molecule has 0 aromatic carbocycles. The standard InChI is InChI=1S/C16H11F15N4O/c17-10(18,9(36)35-5-3-34(4-6-35)8-7-32-1-2-33-8)11(19,20)12(21,22)13(23,24)14(25,26)15(27,28)16(29,30)31/h1-2,7H,3-6H2. The number of aromatic nitrogens is 2. The van der Waals surface area contributed by atoms with Crippen molar-refractivity contribution in [3.05, 3.63) is 18.6 Å². The maximum absolute atomic E-state index is 14.1. The zero-order valence-electron chi connectivity index (χ0n) is 16.9. The number of piperazine rings is 1. The fourth-order valence-electron chi connectivity index (χ4n) is 2.89. The highest BCUT2D eigenvalue weighted by molar-refractivity contribution is 5.85. The Hall–Kier alpha value is -2.70. The number of nitrogens with zero attached hydrogens (tertiary/aromatic N) is 4. The number of carbonyl (C=O) groups is 1. The second kappa shape index (κ2) is 8.70. The average molecular weight is 560 g/mol. The average Bonchev–Trinajstić information content (AvgIpc) is 2.77. The molecule has 1 aromatic rings. The lowest BCUT2D eigenvalue weighted by atomic mass is 9.90. The van der Waals surface area contributed by atoms with E-state index in [0.717, 1.165) is 6.20 Å². The maximum atomic E-state index is 14.1. The molecule has 1 aromatic heterocycles. The molecule has 0 bridgehead atoms. The van der Waals surface area contributed by atoms with Gasteiger partial charge in [0.05, 0.1) is 6.20 Å². The molecule has 0 unspecified atom stereocenters. The fraction of sp³-hybridized carbons (Fsp3) is 0.688. The van der Waals surface area contributed by atoms with E-state index < -0.39 is 73.8 Å². The highest BCUT2D eigenvalue weighted by atomic mass is 19.4. The Bertz CT molecular complexity index is 943. The van der Waals surface area contributed by atoms with E-state index in [9.17, 15) is 70.7 Å². The topological polar surface area (TPSA) is 49.3 Å². The van der Waals surface area contributed by atoms with Crippen LogP contribution in [0.15, 0.2) is 18.6 Å². The lowest BCUT2D eigenvalue weighted by Crippen LogP contribution is -2.74. The van der Waals surface area contributed by atoms with Gasteiger partial charge in [-0.3, -0.25) is 9.78 Å². The summed E-state index contributed by atoms with van der Waals surface area (Å²) in [4.78, 5) is 20.2. The molecule has 0 spiro atoms. The first kappa shape index (κ1) is 29.5. The lowest BCUT2D eigenvalue weighted by molar-refractivity contribution is -0.449. The Kier molecular flexibility index (Phi) is 7.14. The molecule has 0 saturated carbocycles. The minimum Gasteiger partial charge on any atom is -0.352 e. The molecule has 0 N–H and O–H groups in total. The second-order valence-electron chi connectivity index (χ2n) is 7.29. The van der Waals surface area contributed by atoms with Crippen molar-refractivity contribution in [3.8, 4) is 0 Å². The van der Waals surface area contributed by atoms with Crippen molar-refractivity contribution in [1.29, 1.82) is 0 Å². The number of amides is 1. The van der Waals surface area contributed by atoms with E-state index in [1.165, 1.54) is 17.3 Å². The largest absolute Gasteiger partial charge is 0.460 e. The molecular formula is C16H11F15N4O. The van der Waals surface area contributed by atoms with Crippen molar-refractivity contribution in [3.63, 3.8) is 0 Å². The quantitative estimate of drug-likeness (QED) is 0.462. The van der Waals surface area contributed by atoms with Crippen LogP contribution in [0, 0.1) is 0 Å². The van der Waals surface area contributed by atoms with Gasteiger partial charge in [0.25, 0.3) is 5.91 Å². The molecule has 1 amide bonds. The van der Waals surface area contributed by atoms with Crippen LogP contribution >= 0.6 is 0 Å². The van der Waals surface area contributed by atoms with Crippen molar-refractivity contribution in [1.82, 2.24) is 14.9 Å². The molecule has 206 valence electrons. The van der Waals surface area contributed by atoms with E-state index in [2.05, 4.69) is 9.97 Å². The first-order chi connectivity index (χ1) is 16.0. The normalized spacial score (nSPS) is 17.4. The van der Waals surface area contributed by atoms with Gasteiger partial charge in [0.1, 0.15) is 5.82 Å². The Morgan fingerprint density at radius 1 is 0.639 bits per heavy atom. The van der Waals surface area contributed by atoms with E-state index >= 15 is 0 Å². The molecule has 5 nitrogen and oxygen atoms in total. The number of hydrogen-bond acceptors (Lipinski definition) is 4. The molecule has 1 aliphatic heterocycles. The van der Waals surface area contributed by atoms with Crippen LogP contribution in [0.25, 0.3) is 0 Å². The summed E-state index contributed by atoms with van der Waals surface area (Å²) in [6.45, 7) is -2.86. The first-order valence-corrected chi connectivity index (χ1v) is 9.12. The van der Waals surface area contributed by atoms with Crippen LogP contribution in [0.5, 0.6) is 0 Å². The van der Waals surface area contributed by atoms with Gasteiger partial charge in [0.15, 0.2) is 0 Å². The van der Waals surface area contributed by atoms with Crippen molar-refractivity contribution >= 4 is 11.7 Å². The number of halogens is 15. The van der Waals surface area contributed by atoms with Crippen LogP contribution in [-0.4, -0.2) is 88.7 Å². The van der Waals surface area contributed by atoms with Gasteiger partial charge in [-0.25, -0.2) is 4.98 Å². The first-order valence-electron chi connectivity index (χ1n) is 9.12. The van der Waals surface area contributed by atoms with Gasteiger partial charge in [-0.2, -0.15) is 65.9 Å². The monoisotopic (exact) mass is 560 g/mol. The van der Waals surface area contributed by atoms with E-state index in [0.29, 0.717) is 0 Å². The van der Waals surface area contributed by atoms with Gasteiger partial charge < -0.3 is 9.80 Å². The van der Waals surface area contributed by atoms with Crippen molar-refractivity contribution in [2.24, 2.45) is 0 Å². The van der Waals surface area contributed by atoms with E-state index in [1.807, 2.05) is 0 Å². The van der Waals surface area contributed by atoms with Crippen LogP contribution in [-0.2, 0) is 4.79 Å². The summed E-state index contributed by atoms with van der Waals surface area (Å²) in [5.41, 5.74) is 0. The van der Waals surface area contributed by atoms with Crippen molar-refractivity contribution in [2.45, 2.75) is 41.7 Å². The van der Waals surface area contributed by atoms with Crippen molar-refractivity contribution in [2.75, 3.05) is 31.1 Å². The Balaban J connectivity index is 2.35. The summed E-state index contributed by atoms with van der Waals surface area (Å²) in [5.74, 6) is -51.2. The van der Waals surface area contributed by atoms with Crippen LogP contribution in [0.1, 0.15) is 0 Å². The van der Waals surface area contributed by atoms with Crippen LogP contribution < -0.4 is 4.90 Å². The SMILES string of the molecule is O=C(N1CCN(c2cnccn2)CC1)C(F)(F)C(F)(F)C(F)(F)C(F)(F)C(F)(F)C(F)(F)C(F)(F)F. The van der Waals surface area contributed by atoms with Crippen LogP contribution in [0.2, 0.25) is 0 Å². The number of hydrogen-bond donors (Lipinski definition) is 0. The molecule has 1 aliphatic rings. The third-order valence-corrected chi connectivity index (χ3v) is 5.04. The Labute approximate surface area is 189 Å². The lowest BCUT2D eigenvalue weighted by Gasteiger charge is -2.42. The number of anilines is 1. The summed E-state index contributed by atoms with van der Waals surface area (Å²) in [6.07, 6.45) is -4.16. The predicted octanol–water partition coefficient (Wildman–Crippen LogP) is 4.50. The molecule has 2 heterocycles. The number of alkyl halides is 15. The zero-order valence-corrected chi connectivity index (χ0v) is 16.9. The van der Waals surface area contributed by atoms with Crippen LogP contribution in [0.4, 0.5) is 71.7 Å². The van der Waals surface area contributed by atoms with Gasteiger partial charge in [-0.1, -0.05) is 0 Å². The van der Waals surface area contributed by atoms with E-state index in [4.69, 9.17) is 0 Å². The summed E-state index contributed by atoms with van der Waals surface area (Å²) >= 11 is 0. The molecule has 36 heavy (non-hydrogen) atoms. The van der Waals surface area contributed by atoms with Gasteiger partial charge in [-0.05, 0) is 0 Å². The van der Waals surface area contributed by atoms with E-state index in [-0.39, 0.29) is 10.7 Å². The summed E-state index contributed by atoms with van der Waals surface area (Å²) in [5, 5.41) is 0. The number of rotatable bonds is 7. The highest BCUT2D eigenvalue weighted by Gasteiger charge is 2.94. The van der Waals surface area contributed by atoms with E-state index in [1.54, 1.807) is 0 Å². The molecule has 20 heteroatoms. The summed E-state index contributed by atoms with van der Waals surface area (Å²) < 4.78 is 199. The zero-order chi connectivity index (χ0) is 28.2. The minimum absolute atomic E-state index is 0.0840. The fourth-order valence-corrected chi connectivity index (χ4v) is 2.89. The Morgan fingerprint density at radius 3 is 1.50 bits per heavy atom. The maximum Gasteiger partial charge on any atom is 0.460 e. The molecule has 1 fully saturated rings. The second-order valence-corrected chi connectivity index (χ2v) is 7.29. The summed E-state index contributed by atoms with van der Waals surface area (Å²) in [6, 6.07) is 0. The third kappa shape index (κ3) is 4.14. The molecule has 0 aliphatic carbocycles. The van der Waals surface area contributed by atoms with Gasteiger partial charge in [0, 0.05) is 38.6 Å². The smallest absolute Gasteiger partial charge is 0.352 e. The Morgan fingerprint density at radius 2 is 1.08 bits per heavy atom. The van der Waals surface area contributed by atoms with Gasteiger partial charge in [-0.15, -0.1) is 0 Å². The van der Waals surface area contributed by atoms with Gasteiger partial charge in [0.2, 0.25) is 0 Å². The van der Waals surface area contributed by atoms with Crippen molar-refractivity contribution < 1.29 is 70.7 Å². The predicted molar refractivity (Wildman–Crippen MR) is 86.6 cm³/mol. The molecule has 2 rings (SSSR count). The molecular weight excluding hydrogens is 549 g/mol. The summed E-state index contributed by atoms with van der Waals surface area (Å²) in [7, 11) is 0. The molecule has 0 radical (unpaired) electrons. The van der Waals surface area contributed by atoms with Gasteiger partial charge >= 0.3 is 41.7 Å².